The summed E-state index contributed by atoms with van der Waals surface area (Å²) < 4.78 is 10.7. The number of nitrogens with zero attached hydrogens (tertiary/aromatic N) is 2. The molecule has 0 spiro atoms. The second-order valence-electron chi connectivity index (χ2n) is 5.21. The van der Waals surface area contributed by atoms with E-state index in [0.29, 0.717) is 11.6 Å². The normalized spacial score (nSPS) is 16.2. The maximum atomic E-state index is 11.9. The third kappa shape index (κ3) is 3.26. The summed E-state index contributed by atoms with van der Waals surface area (Å²) in [5.41, 5.74) is 1.18. The second-order valence-corrected chi connectivity index (χ2v) is 5.21. The van der Waals surface area contributed by atoms with E-state index in [-0.39, 0.29) is 18.1 Å². The summed E-state index contributed by atoms with van der Waals surface area (Å²) in [6.07, 6.45) is 1.27. The molecular formula is C14H16N4O3. The van der Waals surface area contributed by atoms with Gasteiger partial charge in [-0.05, 0) is 25.1 Å². The van der Waals surface area contributed by atoms with E-state index in [0.717, 1.165) is 18.7 Å². The zero-order valence-corrected chi connectivity index (χ0v) is 11.6. The van der Waals surface area contributed by atoms with Gasteiger partial charge in [0.1, 0.15) is 6.61 Å². The largest absolute Gasteiger partial charge is 0.423 e. The predicted molar refractivity (Wildman–Crippen MR) is 75.6 cm³/mol. The van der Waals surface area contributed by atoms with Crippen LogP contribution >= 0.6 is 0 Å². The van der Waals surface area contributed by atoms with Crippen molar-refractivity contribution in [2.75, 3.05) is 25.0 Å². The van der Waals surface area contributed by atoms with Crippen molar-refractivity contribution in [2.24, 2.45) is 0 Å². The first kappa shape index (κ1) is 13.7. The van der Waals surface area contributed by atoms with Gasteiger partial charge in [0, 0.05) is 24.3 Å². The summed E-state index contributed by atoms with van der Waals surface area (Å²) in [6.45, 7) is 3.55. The van der Waals surface area contributed by atoms with E-state index in [1.807, 2.05) is 19.1 Å². The van der Waals surface area contributed by atoms with Crippen LogP contribution in [-0.2, 0) is 9.53 Å². The van der Waals surface area contributed by atoms with E-state index in [2.05, 4.69) is 20.8 Å². The molecule has 7 nitrogen and oxygen atoms in total. The van der Waals surface area contributed by atoms with Crippen LogP contribution in [0, 0.1) is 0 Å². The van der Waals surface area contributed by atoms with Gasteiger partial charge in [-0.2, -0.15) is 0 Å². The lowest BCUT2D eigenvalue weighted by Crippen LogP contribution is -2.59. The highest BCUT2D eigenvalue weighted by atomic mass is 16.5. The molecule has 1 amide bonds. The number of hydrogen-bond donors (Lipinski definition) is 2. The van der Waals surface area contributed by atoms with E-state index in [9.17, 15) is 4.79 Å². The summed E-state index contributed by atoms with van der Waals surface area (Å²) in [5.74, 6) is 0.223. The number of carbonyl (C=O) groups is 1. The van der Waals surface area contributed by atoms with Crippen LogP contribution in [0.2, 0.25) is 0 Å². The van der Waals surface area contributed by atoms with E-state index in [4.69, 9.17) is 9.15 Å². The number of benzene rings is 1. The monoisotopic (exact) mass is 288 g/mol. The van der Waals surface area contributed by atoms with Crippen LogP contribution in [0.25, 0.3) is 11.5 Å². The minimum absolute atomic E-state index is 0.0307. The fraction of sp³-hybridized carbons (Fsp3) is 0.357. The lowest BCUT2D eigenvalue weighted by Gasteiger charge is -2.38. The van der Waals surface area contributed by atoms with Crippen molar-refractivity contribution in [3.05, 3.63) is 30.7 Å². The van der Waals surface area contributed by atoms with Gasteiger partial charge in [0.15, 0.2) is 0 Å². The van der Waals surface area contributed by atoms with E-state index in [1.165, 1.54) is 6.39 Å². The molecule has 0 aliphatic carbocycles. The molecule has 1 saturated heterocycles. The lowest BCUT2D eigenvalue weighted by atomic mass is 10.0. The number of rotatable bonds is 5. The third-order valence-corrected chi connectivity index (χ3v) is 3.30. The Bertz CT molecular complexity index is 623. The molecule has 2 heterocycles. The number of nitrogens with one attached hydrogen (secondary N) is 2. The minimum atomic E-state index is -0.233. The molecule has 1 aliphatic heterocycles. The Morgan fingerprint density at radius 1 is 1.52 bits per heavy atom. The maximum absolute atomic E-state index is 11.9. The highest BCUT2D eigenvalue weighted by Gasteiger charge is 2.32. The molecule has 1 fully saturated rings. The number of ether oxygens (including phenoxy) is 1. The quantitative estimate of drug-likeness (QED) is 0.855. The first-order valence-electron chi connectivity index (χ1n) is 6.66. The molecule has 0 radical (unpaired) electrons. The summed E-state index contributed by atoms with van der Waals surface area (Å²) in [4.78, 5) is 11.9. The highest BCUT2D eigenvalue weighted by Crippen LogP contribution is 2.20. The highest BCUT2D eigenvalue weighted by molar-refractivity contribution is 5.92. The van der Waals surface area contributed by atoms with Crippen molar-refractivity contribution >= 4 is 11.6 Å². The number of aromatic nitrogens is 2. The predicted octanol–water partition coefficient (Wildman–Crippen LogP) is 1.05. The number of anilines is 1. The molecule has 1 aromatic carbocycles. The summed E-state index contributed by atoms with van der Waals surface area (Å²) in [6, 6.07) is 7.22. The third-order valence-electron chi connectivity index (χ3n) is 3.30. The van der Waals surface area contributed by atoms with Gasteiger partial charge in [-0.3, -0.25) is 4.79 Å². The minimum Gasteiger partial charge on any atom is -0.423 e. The number of carbonyl (C=O) groups excluding carboxylic acids is 1. The zero-order valence-electron chi connectivity index (χ0n) is 11.6. The van der Waals surface area contributed by atoms with Gasteiger partial charge in [0.2, 0.25) is 18.2 Å². The summed E-state index contributed by atoms with van der Waals surface area (Å²) >= 11 is 0. The van der Waals surface area contributed by atoms with Gasteiger partial charge in [-0.15, -0.1) is 10.2 Å². The van der Waals surface area contributed by atoms with Crippen molar-refractivity contribution in [2.45, 2.75) is 12.5 Å². The molecule has 2 N–H and O–H groups in total. The SMILES string of the molecule is CC1(OCC(=O)Nc2cccc(-c3nnco3)c2)CNC1. The molecule has 1 aromatic heterocycles. The topological polar surface area (TPSA) is 89.3 Å². The van der Waals surface area contributed by atoms with Crippen LogP contribution in [0.3, 0.4) is 0 Å². The molecule has 2 aromatic rings. The Morgan fingerprint density at radius 3 is 3.05 bits per heavy atom. The lowest BCUT2D eigenvalue weighted by molar-refractivity contribution is -0.130. The van der Waals surface area contributed by atoms with Crippen molar-refractivity contribution < 1.29 is 13.9 Å². The molecule has 21 heavy (non-hydrogen) atoms. The standard InChI is InChI=1S/C14H16N4O3/c1-14(7-15-8-14)21-6-12(19)17-11-4-2-3-10(5-11)13-18-16-9-20-13/h2-5,9,15H,6-8H2,1H3,(H,17,19). The van der Waals surface area contributed by atoms with E-state index in [1.54, 1.807) is 12.1 Å². The number of amides is 1. The molecule has 3 rings (SSSR count). The fourth-order valence-corrected chi connectivity index (χ4v) is 2.04. The van der Waals surface area contributed by atoms with Crippen molar-refractivity contribution in [3.63, 3.8) is 0 Å². The Morgan fingerprint density at radius 2 is 2.38 bits per heavy atom. The summed E-state index contributed by atoms with van der Waals surface area (Å²) in [7, 11) is 0. The Balaban J connectivity index is 1.59. The average molecular weight is 288 g/mol. The van der Waals surface area contributed by atoms with Gasteiger partial charge >= 0.3 is 0 Å². The molecule has 0 atom stereocenters. The Hall–Kier alpha value is -2.25. The van der Waals surface area contributed by atoms with Crippen LogP contribution in [-0.4, -0.2) is 41.4 Å². The average Bonchev–Trinajstić information content (AvgIpc) is 2.97. The van der Waals surface area contributed by atoms with E-state index >= 15 is 0 Å². The Labute approximate surface area is 121 Å². The molecule has 7 heteroatoms. The van der Waals surface area contributed by atoms with Crippen LogP contribution in [0.4, 0.5) is 5.69 Å². The molecule has 0 unspecified atom stereocenters. The number of hydrogen-bond acceptors (Lipinski definition) is 6. The van der Waals surface area contributed by atoms with Crippen molar-refractivity contribution in [1.82, 2.24) is 15.5 Å². The molecule has 0 saturated carbocycles. The molecular weight excluding hydrogens is 272 g/mol. The van der Waals surface area contributed by atoms with Gasteiger partial charge < -0.3 is 19.8 Å². The Kier molecular flexibility index (Phi) is 3.68. The van der Waals surface area contributed by atoms with Crippen LogP contribution in [0.5, 0.6) is 0 Å². The molecule has 110 valence electrons. The maximum Gasteiger partial charge on any atom is 0.250 e. The van der Waals surface area contributed by atoms with Gasteiger partial charge in [0.25, 0.3) is 0 Å². The zero-order chi connectivity index (χ0) is 14.7. The van der Waals surface area contributed by atoms with Gasteiger partial charge in [-0.1, -0.05) is 6.07 Å². The fourth-order valence-electron chi connectivity index (χ4n) is 2.04. The molecule has 1 aliphatic rings. The molecule has 0 bridgehead atoms. The first-order chi connectivity index (χ1) is 10.1. The van der Waals surface area contributed by atoms with Gasteiger partial charge in [-0.25, -0.2) is 0 Å². The first-order valence-corrected chi connectivity index (χ1v) is 6.66. The van der Waals surface area contributed by atoms with Crippen LogP contribution in [0.1, 0.15) is 6.92 Å². The van der Waals surface area contributed by atoms with Crippen LogP contribution < -0.4 is 10.6 Å². The smallest absolute Gasteiger partial charge is 0.250 e. The van der Waals surface area contributed by atoms with E-state index < -0.39 is 0 Å². The van der Waals surface area contributed by atoms with Crippen molar-refractivity contribution in [1.29, 1.82) is 0 Å². The summed E-state index contributed by atoms with van der Waals surface area (Å²) in [5, 5.41) is 13.4. The van der Waals surface area contributed by atoms with Gasteiger partial charge in [0.05, 0.1) is 5.60 Å². The van der Waals surface area contributed by atoms with Crippen LogP contribution in [0.15, 0.2) is 35.1 Å². The van der Waals surface area contributed by atoms with Crippen molar-refractivity contribution in [3.8, 4) is 11.5 Å². The second kappa shape index (κ2) is 5.63.